The van der Waals surface area contributed by atoms with Gasteiger partial charge in [-0.3, -0.25) is 4.90 Å². The molecule has 0 saturated carbocycles. The minimum absolute atomic E-state index is 0. The molecule has 0 spiro atoms. The van der Waals surface area contributed by atoms with E-state index in [0.29, 0.717) is 0 Å². The first-order valence-corrected chi connectivity index (χ1v) is 3.62. The Labute approximate surface area is 67.8 Å². The third-order valence-corrected chi connectivity index (χ3v) is 1.92. The van der Waals surface area contributed by atoms with Gasteiger partial charge in [-0.15, -0.1) is 24.0 Å². The van der Waals surface area contributed by atoms with Gasteiger partial charge in [0.2, 0.25) is 0 Å². The van der Waals surface area contributed by atoms with Crippen LogP contribution in [0.4, 0.5) is 0 Å². The van der Waals surface area contributed by atoms with Crippen LogP contribution >= 0.6 is 24.0 Å². The summed E-state index contributed by atoms with van der Waals surface area (Å²) < 4.78 is 0. The Morgan fingerprint density at radius 1 is 1.33 bits per heavy atom. The Balaban J connectivity index is 0.000000640. The fourth-order valence-corrected chi connectivity index (χ4v) is 1.29. The lowest BCUT2D eigenvalue weighted by Gasteiger charge is -2.16. The number of alkyl halides is 1. The smallest absolute Gasteiger partial charge is 0.0821 e. The van der Waals surface area contributed by atoms with Crippen molar-refractivity contribution < 1.29 is 0 Å². The van der Waals surface area contributed by atoms with Crippen LogP contribution in [0.1, 0.15) is 19.8 Å². The van der Waals surface area contributed by atoms with E-state index >= 15 is 0 Å². The molecule has 1 nitrogen and oxygen atoms in total. The van der Waals surface area contributed by atoms with Gasteiger partial charge in [0.05, 0.1) is 5.50 Å². The summed E-state index contributed by atoms with van der Waals surface area (Å²) in [6, 6.07) is 0. The van der Waals surface area contributed by atoms with Crippen molar-refractivity contribution in [1.29, 1.82) is 0 Å². The second-order valence-corrected chi connectivity index (χ2v) is 2.95. The molecule has 0 aromatic heterocycles. The first kappa shape index (κ1) is 9.54. The molecule has 1 unspecified atom stereocenters. The van der Waals surface area contributed by atoms with E-state index in [1.807, 2.05) is 6.92 Å². The number of nitrogens with zero attached hydrogens (tertiary/aromatic N) is 1. The van der Waals surface area contributed by atoms with Crippen molar-refractivity contribution in [3.63, 3.8) is 0 Å². The zero-order chi connectivity index (χ0) is 5.98. The summed E-state index contributed by atoms with van der Waals surface area (Å²) in [5.41, 5.74) is 0.248. The Morgan fingerprint density at radius 2 is 1.78 bits per heavy atom. The predicted molar refractivity (Wildman–Crippen MR) is 43.4 cm³/mol. The van der Waals surface area contributed by atoms with Crippen LogP contribution in [0.25, 0.3) is 0 Å². The highest BCUT2D eigenvalue weighted by Gasteiger charge is 2.14. The molecule has 1 fully saturated rings. The molecule has 0 bridgehead atoms. The summed E-state index contributed by atoms with van der Waals surface area (Å²) in [6.07, 6.45) is 2.66. The highest BCUT2D eigenvalue weighted by atomic mass is 35.5. The Bertz CT molecular complexity index is 69.5. The Hall–Kier alpha value is 0.540. The molecule has 1 heterocycles. The first-order chi connectivity index (χ1) is 3.80. The molecule has 3 heteroatoms. The normalized spacial score (nSPS) is 23.3. The fourth-order valence-electron chi connectivity index (χ4n) is 1.10. The summed E-state index contributed by atoms with van der Waals surface area (Å²) in [6.45, 7) is 4.43. The van der Waals surface area contributed by atoms with Crippen LogP contribution in [0.5, 0.6) is 0 Å². The maximum Gasteiger partial charge on any atom is 0.0821 e. The van der Waals surface area contributed by atoms with Crippen LogP contribution < -0.4 is 0 Å². The van der Waals surface area contributed by atoms with Crippen LogP contribution in [-0.4, -0.2) is 23.5 Å². The van der Waals surface area contributed by atoms with Gasteiger partial charge < -0.3 is 0 Å². The highest BCUT2D eigenvalue weighted by molar-refractivity contribution is 6.20. The van der Waals surface area contributed by atoms with Crippen molar-refractivity contribution in [3.05, 3.63) is 0 Å². The average molecular weight is 170 g/mol. The van der Waals surface area contributed by atoms with E-state index in [9.17, 15) is 0 Å². The van der Waals surface area contributed by atoms with Gasteiger partial charge in [-0.2, -0.15) is 0 Å². The standard InChI is InChI=1S/C6H12ClN.ClH/c1-6(7)8-4-2-3-5-8;/h6H,2-5H2,1H3;1H. The number of hydrogen-bond donors (Lipinski definition) is 0. The largest absolute Gasteiger partial charge is 0.288 e. The molecule has 1 rings (SSSR count). The van der Waals surface area contributed by atoms with E-state index in [2.05, 4.69) is 4.90 Å². The molecule has 9 heavy (non-hydrogen) atoms. The van der Waals surface area contributed by atoms with Gasteiger partial charge >= 0.3 is 0 Å². The van der Waals surface area contributed by atoms with Crippen molar-refractivity contribution >= 4 is 24.0 Å². The van der Waals surface area contributed by atoms with Gasteiger partial charge in [0, 0.05) is 0 Å². The zero-order valence-corrected chi connectivity index (χ0v) is 7.21. The van der Waals surface area contributed by atoms with Crippen LogP contribution in [0.15, 0.2) is 0 Å². The Morgan fingerprint density at radius 3 is 2.00 bits per heavy atom. The van der Waals surface area contributed by atoms with E-state index in [1.54, 1.807) is 0 Å². The third-order valence-electron chi connectivity index (χ3n) is 1.64. The molecule has 0 aromatic carbocycles. The molecule has 0 aliphatic carbocycles. The van der Waals surface area contributed by atoms with E-state index in [1.165, 1.54) is 25.9 Å². The highest BCUT2D eigenvalue weighted by Crippen LogP contribution is 2.12. The van der Waals surface area contributed by atoms with Crippen molar-refractivity contribution in [2.75, 3.05) is 13.1 Å². The molecule has 0 amide bonds. The maximum atomic E-state index is 5.81. The SMILES string of the molecule is CC(Cl)N1CCCC1.Cl. The first-order valence-electron chi connectivity index (χ1n) is 3.19. The van der Waals surface area contributed by atoms with Gasteiger partial charge in [0.1, 0.15) is 0 Å². The van der Waals surface area contributed by atoms with Crippen molar-refractivity contribution in [3.8, 4) is 0 Å². The summed E-state index contributed by atoms with van der Waals surface area (Å²) in [4.78, 5) is 2.29. The van der Waals surface area contributed by atoms with Gasteiger partial charge in [-0.1, -0.05) is 0 Å². The summed E-state index contributed by atoms with van der Waals surface area (Å²) in [7, 11) is 0. The summed E-state index contributed by atoms with van der Waals surface area (Å²) in [5, 5.41) is 0. The number of rotatable bonds is 1. The van der Waals surface area contributed by atoms with Crippen molar-refractivity contribution in [1.82, 2.24) is 4.90 Å². The van der Waals surface area contributed by atoms with Gasteiger partial charge in [0.15, 0.2) is 0 Å². The molecular weight excluding hydrogens is 157 g/mol. The molecule has 1 saturated heterocycles. The van der Waals surface area contributed by atoms with E-state index in [-0.39, 0.29) is 17.9 Å². The number of halogens is 2. The van der Waals surface area contributed by atoms with Crippen LogP contribution in [0, 0.1) is 0 Å². The predicted octanol–water partition coefficient (Wildman–Crippen LogP) is 2.09. The Kier molecular flexibility index (Phi) is 4.63. The molecule has 1 aliphatic rings. The molecular formula is C6H13Cl2N. The number of likely N-dealkylation sites (tertiary alicyclic amines) is 1. The van der Waals surface area contributed by atoms with E-state index < -0.39 is 0 Å². The average Bonchev–Trinajstić information content (AvgIpc) is 2.12. The fraction of sp³-hybridized carbons (Fsp3) is 1.00. The summed E-state index contributed by atoms with van der Waals surface area (Å²) in [5.74, 6) is 0. The minimum Gasteiger partial charge on any atom is -0.288 e. The van der Waals surface area contributed by atoms with E-state index in [4.69, 9.17) is 11.6 Å². The second-order valence-electron chi connectivity index (χ2n) is 2.32. The summed E-state index contributed by atoms with van der Waals surface area (Å²) >= 11 is 5.81. The minimum atomic E-state index is 0. The van der Waals surface area contributed by atoms with Gasteiger partial charge in [-0.25, -0.2) is 0 Å². The maximum absolute atomic E-state index is 5.81. The molecule has 0 N–H and O–H groups in total. The lowest BCUT2D eigenvalue weighted by Crippen LogP contribution is -2.24. The molecule has 56 valence electrons. The lowest BCUT2D eigenvalue weighted by molar-refractivity contribution is 0.327. The van der Waals surface area contributed by atoms with Crippen molar-refractivity contribution in [2.45, 2.75) is 25.3 Å². The third kappa shape index (κ3) is 2.74. The molecule has 0 aromatic rings. The van der Waals surface area contributed by atoms with Crippen LogP contribution in [0.2, 0.25) is 0 Å². The quantitative estimate of drug-likeness (QED) is 0.430. The van der Waals surface area contributed by atoms with Gasteiger partial charge in [-0.05, 0) is 32.9 Å². The van der Waals surface area contributed by atoms with Gasteiger partial charge in [0.25, 0.3) is 0 Å². The van der Waals surface area contributed by atoms with Crippen LogP contribution in [-0.2, 0) is 0 Å². The topological polar surface area (TPSA) is 3.24 Å². The molecule has 0 radical (unpaired) electrons. The molecule has 1 aliphatic heterocycles. The van der Waals surface area contributed by atoms with Crippen molar-refractivity contribution in [2.24, 2.45) is 0 Å². The number of hydrogen-bond acceptors (Lipinski definition) is 1. The van der Waals surface area contributed by atoms with Crippen LogP contribution in [0.3, 0.4) is 0 Å². The lowest BCUT2D eigenvalue weighted by atomic mass is 10.4. The monoisotopic (exact) mass is 169 g/mol. The second kappa shape index (κ2) is 4.37. The van der Waals surface area contributed by atoms with E-state index in [0.717, 1.165) is 0 Å². The zero-order valence-electron chi connectivity index (χ0n) is 5.64. The molecule has 1 atom stereocenters.